The van der Waals surface area contributed by atoms with Crippen molar-refractivity contribution < 1.29 is 4.42 Å². The third-order valence-electron chi connectivity index (χ3n) is 3.58. The molecular formula is C16H13ClN4O. The summed E-state index contributed by atoms with van der Waals surface area (Å²) in [7, 11) is 0. The maximum absolute atomic E-state index is 6.14. The van der Waals surface area contributed by atoms with Crippen molar-refractivity contribution in [3.63, 3.8) is 0 Å². The first-order chi connectivity index (χ1) is 10.6. The van der Waals surface area contributed by atoms with E-state index >= 15 is 0 Å². The molecule has 4 rings (SSSR count). The zero-order chi connectivity index (χ0) is 15.3. The van der Waals surface area contributed by atoms with Crippen LogP contribution in [0.25, 0.3) is 33.6 Å². The van der Waals surface area contributed by atoms with Crippen LogP contribution >= 0.6 is 11.6 Å². The number of para-hydroxylation sites is 1. The van der Waals surface area contributed by atoms with Crippen LogP contribution in [0, 0.1) is 0 Å². The van der Waals surface area contributed by atoms with Crippen LogP contribution in [0.5, 0.6) is 0 Å². The summed E-state index contributed by atoms with van der Waals surface area (Å²) in [5.74, 6) is 0.532. The highest BCUT2D eigenvalue weighted by atomic mass is 35.5. The third kappa shape index (κ3) is 1.97. The minimum atomic E-state index is 0.263. The molecule has 0 aliphatic carbocycles. The highest BCUT2D eigenvalue weighted by Gasteiger charge is 2.13. The van der Waals surface area contributed by atoms with E-state index in [0.29, 0.717) is 22.0 Å². The van der Waals surface area contributed by atoms with Crippen LogP contribution in [-0.2, 0) is 0 Å². The highest BCUT2D eigenvalue weighted by Crippen LogP contribution is 2.30. The van der Waals surface area contributed by atoms with Crippen LogP contribution in [-0.4, -0.2) is 20.0 Å². The van der Waals surface area contributed by atoms with E-state index in [9.17, 15) is 0 Å². The average molecular weight is 313 g/mol. The van der Waals surface area contributed by atoms with Gasteiger partial charge in [-0.05, 0) is 44.2 Å². The molecule has 0 fully saturated rings. The number of oxazole rings is 1. The van der Waals surface area contributed by atoms with Crippen molar-refractivity contribution in [3.05, 3.63) is 41.4 Å². The average Bonchev–Trinajstić information content (AvgIpc) is 3.11. The predicted molar refractivity (Wildman–Crippen MR) is 85.9 cm³/mol. The Morgan fingerprint density at radius 1 is 1.18 bits per heavy atom. The Bertz CT molecular complexity index is 986. The molecule has 110 valence electrons. The van der Waals surface area contributed by atoms with Crippen molar-refractivity contribution in [2.24, 2.45) is 0 Å². The van der Waals surface area contributed by atoms with E-state index in [1.54, 1.807) is 6.07 Å². The van der Waals surface area contributed by atoms with Crippen LogP contribution < -0.4 is 0 Å². The summed E-state index contributed by atoms with van der Waals surface area (Å²) in [4.78, 5) is 4.48. The lowest BCUT2D eigenvalue weighted by atomic mass is 10.2. The van der Waals surface area contributed by atoms with Crippen molar-refractivity contribution in [1.29, 1.82) is 0 Å². The fourth-order valence-electron chi connectivity index (χ4n) is 2.49. The van der Waals surface area contributed by atoms with Crippen molar-refractivity contribution in [2.75, 3.05) is 0 Å². The fraction of sp³-hybridized carbons (Fsp3) is 0.188. The van der Waals surface area contributed by atoms with E-state index in [1.165, 1.54) is 0 Å². The topological polar surface area (TPSA) is 56.7 Å². The molecule has 0 bridgehead atoms. The van der Waals surface area contributed by atoms with Crippen LogP contribution in [0.2, 0.25) is 5.02 Å². The maximum atomic E-state index is 6.14. The van der Waals surface area contributed by atoms with E-state index in [0.717, 1.165) is 16.6 Å². The maximum Gasteiger partial charge on any atom is 0.227 e. The Labute approximate surface area is 131 Å². The number of fused-ring (bicyclic) bond motifs is 2. The minimum absolute atomic E-state index is 0.263. The van der Waals surface area contributed by atoms with Crippen molar-refractivity contribution >= 4 is 33.7 Å². The van der Waals surface area contributed by atoms with Crippen molar-refractivity contribution in [1.82, 2.24) is 20.0 Å². The summed E-state index contributed by atoms with van der Waals surface area (Å²) in [6.45, 7) is 4.15. The molecule has 0 aliphatic heterocycles. The van der Waals surface area contributed by atoms with Gasteiger partial charge in [-0.25, -0.2) is 9.67 Å². The Balaban J connectivity index is 1.87. The van der Waals surface area contributed by atoms with E-state index < -0.39 is 0 Å². The van der Waals surface area contributed by atoms with E-state index in [-0.39, 0.29) is 6.04 Å². The van der Waals surface area contributed by atoms with Gasteiger partial charge in [0.15, 0.2) is 5.58 Å². The molecule has 0 radical (unpaired) electrons. The van der Waals surface area contributed by atoms with Crippen molar-refractivity contribution in [2.45, 2.75) is 19.9 Å². The first kappa shape index (κ1) is 13.3. The standard InChI is InChI=1S/C16H13ClN4O/c1-9(2)21-13-7-6-10(8-12(13)19-20-21)16-18-15-11(17)4-3-5-14(15)22-16/h3-9H,1-2H3. The zero-order valence-corrected chi connectivity index (χ0v) is 12.9. The van der Waals surface area contributed by atoms with Gasteiger partial charge < -0.3 is 4.42 Å². The Kier molecular flexibility index (Phi) is 2.90. The summed E-state index contributed by atoms with van der Waals surface area (Å²) in [6.07, 6.45) is 0. The van der Waals surface area contributed by atoms with Crippen molar-refractivity contribution in [3.8, 4) is 11.5 Å². The van der Waals surface area contributed by atoms with Gasteiger partial charge in [0.05, 0.1) is 10.5 Å². The number of halogens is 1. The molecule has 0 spiro atoms. The van der Waals surface area contributed by atoms with E-state index in [2.05, 4.69) is 29.1 Å². The zero-order valence-electron chi connectivity index (χ0n) is 12.1. The molecule has 22 heavy (non-hydrogen) atoms. The van der Waals surface area contributed by atoms with Crippen LogP contribution in [0.4, 0.5) is 0 Å². The normalized spacial score (nSPS) is 11.8. The van der Waals surface area contributed by atoms with Crippen LogP contribution in [0.15, 0.2) is 40.8 Å². The van der Waals surface area contributed by atoms with Gasteiger partial charge in [-0.3, -0.25) is 0 Å². The van der Waals surface area contributed by atoms with E-state index in [1.807, 2.05) is 35.0 Å². The van der Waals surface area contributed by atoms with Crippen LogP contribution in [0.1, 0.15) is 19.9 Å². The van der Waals surface area contributed by atoms with Gasteiger partial charge in [-0.1, -0.05) is 22.9 Å². The predicted octanol–water partition coefficient (Wildman–Crippen LogP) is 4.47. The molecule has 0 N–H and O–H groups in total. The molecule has 0 amide bonds. The minimum Gasteiger partial charge on any atom is -0.436 e. The third-order valence-corrected chi connectivity index (χ3v) is 3.88. The SMILES string of the molecule is CC(C)n1nnc2cc(-c3nc4c(Cl)cccc4o3)ccc21. The van der Waals surface area contributed by atoms with Gasteiger partial charge in [0.2, 0.25) is 5.89 Å². The second-order valence-corrected chi connectivity index (χ2v) is 5.84. The van der Waals surface area contributed by atoms with Gasteiger partial charge in [0, 0.05) is 11.6 Å². The molecule has 0 unspecified atom stereocenters. The van der Waals surface area contributed by atoms with Gasteiger partial charge in [0.25, 0.3) is 0 Å². The second-order valence-electron chi connectivity index (χ2n) is 5.44. The highest BCUT2D eigenvalue weighted by molar-refractivity contribution is 6.34. The number of aromatic nitrogens is 4. The summed E-state index contributed by atoms with van der Waals surface area (Å²) < 4.78 is 7.68. The second kappa shape index (κ2) is 4.81. The van der Waals surface area contributed by atoms with Gasteiger partial charge in [-0.15, -0.1) is 5.10 Å². The summed E-state index contributed by atoms with van der Waals surface area (Å²) in [6, 6.07) is 11.6. The molecule has 6 heteroatoms. The number of benzene rings is 2. The number of hydrogen-bond donors (Lipinski definition) is 0. The molecular weight excluding hydrogens is 300 g/mol. The first-order valence-corrected chi connectivity index (χ1v) is 7.41. The quantitative estimate of drug-likeness (QED) is 0.548. The number of rotatable bonds is 2. The summed E-state index contributed by atoms with van der Waals surface area (Å²) in [5, 5.41) is 8.98. The molecule has 2 aromatic carbocycles. The Morgan fingerprint density at radius 3 is 2.82 bits per heavy atom. The lowest BCUT2D eigenvalue weighted by Crippen LogP contribution is -2.02. The molecule has 5 nitrogen and oxygen atoms in total. The molecule has 4 aromatic rings. The van der Waals surface area contributed by atoms with Gasteiger partial charge >= 0.3 is 0 Å². The molecule has 2 heterocycles. The molecule has 0 saturated carbocycles. The molecule has 0 aliphatic rings. The first-order valence-electron chi connectivity index (χ1n) is 7.04. The van der Waals surface area contributed by atoms with E-state index in [4.69, 9.17) is 16.0 Å². The summed E-state index contributed by atoms with van der Waals surface area (Å²) >= 11 is 6.14. The lowest BCUT2D eigenvalue weighted by molar-refractivity contribution is 0.530. The lowest BCUT2D eigenvalue weighted by Gasteiger charge is -2.04. The Morgan fingerprint density at radius 2 is 2.05 bits per heavy atom. The van der Waals surface area contributed by atoms with Gasteiger partial charge in [0.1, 0.15) is 11.0 Å². The molecule has 2 aromatic heterocycles. The molecule has 0 atom stereocenters. The number of hydrogen-bond acceptors (Lipinski definition) is 4. The molecule has 0 saturated heterocycles. The van der Waals surface area contributed by atoms with Gasteiger partial charge in [-0.2, -0.15) is 0 Å². The Hall–Kier alpha value is -2.40. The number of nitrogens with zero attached hydrogens (tertiary/aromatic N) is 4. The monoisotopic (exact) mass is 312 g/mol. The van der Waals surface area contributed by atoms with Crippen LogP contribution in [0.3, 0.4) is 0 Å². The largest absolute Gasteiger partial charge is 0.436 e. The fourth-order valence-corrected chi connectivity index (χ4v) is 2.70. The smallest absolute Gasteiger partial charge is 0.227 e. The summed E-state index contributed by atoms with van der Waals surface area (Å²) in [5.41, 5.74) is 4.02.